The van der Waals surface area contributed by atoms with E-state index in [9.17, 15) is 9.90 Å². The number of piperidine rings is 1. The molecule has 6 heteroatoms. The highest BCUT2D eigenvalue weighted by Crippen LogP contribution is 2.35. The van der Waals surface area contributed by atoms with E-state index in [0.717, 1.165) is 29.8 Å². The Morgan fingerprint density at radius 3 is 2.76 bits per heavy atom. The molecule has 3 rings (SSSR count). The second-order valence-electron chi connectivity index (χ2n) is 6.61. The first-order valence-corrected chi connectivity index (χ1v) is 8.73. The minimum Gasteiger partial charge on any atom is -0.461 e. The van der Waals surface area contributed by atoms with Crippen LogP contribution in [0.25, 0.3) is 0 Å². The van der Waals surface area contributed by atoms with Crippen LogP contribution in [0.5, 0.6) is 0 Å². The predicted molar refractivity (Wildman–Crippen MR) is 94.1 cm³/mol. The van der Waals surface area contributed by atoms with Crippen LogP contribution in [0.2, 0.25) is 0 Å². The zero-order chi connectivity index (χ0) is 17.9. The number of rotatable bonds is 5. The van der Waals surface area contributed by atoms with Crippen molar-refractivity contribution in [1.29, 1.82) is 0 Å². The van der Waals surface area contributed by atoms with Gasteiger partial charge in [0.1, 0.15) is 5.69 Å². The number of carbonyl (C=O) groups excluding carboxylic acids is 1. The van der Waals surface area contributed by atoms with E-state index in [1.165, 1.54) is 0 Å². The number of aromatic amines is 1. The van der Waals surface area contributed by atoms with Crippen molar-refractivity contribution in [3.8, 4) is 0 Å². The van der Waals surface area contributed by atoms with Gasteiger partial charge in [0.2, 0.25) is 0 Å². The van der Waals surface area contributed by atoms with E-state index in [2.05, 4.69) is 15.1 Å². The Balaban J connectivity index is 1.65. The van der Waals surface area contributed by atoms with E-state index in [1.54, 1.807) is 13.1 Å². The minimum atomic E-state index is -0.776. The highest BCUT2D eigenvalue weighted by atomic mass is 16.5. The van der Waals surface area contributed by atoms with E-state index in [1.807, 2.05) is 31.2 Å². The fraction of sp³-hybridized carbons (Fsp3) is 0.474. The lowest BCUT2D eigenvalue weighted by Crippen LogP contribution is -2.42. The zero-order valence-corrected chi connectivity index (χ0v) is 14.8. The number of nitrogens with zero attached hydrogens (tertiary/aromatic N) is 2. The fourth-order valence-corrected chi connectivity index (χ4v) is 3.50. The van der Waals surface area contributed by atoms with Gasteiger partial charge in [-0.3, -0.25) is 10.00 Å². The van der Waals surface area contributed by atoms with Crippen LogP contribution in [0.4, 0.5) is 0 Å². The molecule has 1 aliphatic heterocycles. The molecule has 0 atom stereocenters. The molecule has 25 heavy (non-hydrogen) atoms. The Kier molecular flexibility index (Phi) is 5.20. The zero-order valence-electron chi connectivity index (χ0n) is 14.8. The summed E-state index contributed by atoms with van der Waals surface area (Å²) in [7, 11) is 0. The topological polar surface area (TPSA) is 78.5 Å². The van der Waals surface area contributed by atoms with Gasteiger partial charge in [-0.2, -0.15) is 5.10 Å². The third kappa shape index (κ3) is 3.75. The lowest BCUT2D eigenvalue weighted by Gasteiger charge is -2.39. The number of carbonyl (C=O) groups is 1. The Morgan fingerprint density at radius 2 is 2.08 bits per heavy atom. The van der Waals surface area contributed by atoms with Crippen LogP contribution in [0, 0.1) is 6.92 Å². The Bertz CT molecular complexity index is 733. The van der Waals surface area contributed by atoms with Crippen LogP contribution in [0.3, 0.4) is 0 Å². The van der Waals surface area contributed by atoms with Crippen LogP contribution in [-0.4, -0.2) is 45.9 Å². The first-order valence-electron chi connectivity index (χ1n) is 8.73. The summed E-state index contributed by atoms with van der Waals surface area (Å²) in [6.07, 6.45) is 3.02. The molecule has 0 unspecified atom stereocenters. The average Bonchev–Trinajstić information content (AvgIpc) is 3.06. The van der Waals surface area contributed by atoms with Gasteiger partial charge in [-0.05, 0) is 37.8 Å². The molecule has 1 fully saturated rings. The van der Waals surface area contributed by atoms with Gasteiger partial charge < -0.3 is 9.84 Å². The van der Waals surface area contributed by atoms with Crippen LogP contribution in [0.1, 0.15) is 46.9 Å². The van der Waals surface area contributed by atoms with Gasteiger partial charge in [-0.15, -0.1) is 0 Å². The van der Waals surface area contributed by atoms with Crippen molar-refractivity contribution in [2.24, 2.45) is 0 Å². The van der Waals surface area contributed by atoms with Crippen molar-refractivity contribution in [3.05, 3.63) is 52.8 Å². The standard InChI is InChI=1S/C19H25N3O3/c1-3-25-18(23)17-15(12-20-21-17)13-22-10-8-19(24,9-11-22)16-7-5-4-6-14(16)2/h4-7,12,24H,3,8-11,13H2,1-2H3,(H,20,21). The number of aromatic nitrogens is 2. The lowest BCUT2D eigenvalue weighted by molar-refractivity contribution is -0.0282. The molecule has 2 N–H and O–H groups in total. The quantitative estimate of drug-likeness (QED) is 0.815. The highest BCUT2D eigenvalue weighted by molar-refractivity contribution is 5.88. The van der Waals surface area contributed by atoms with Crippen molar-refractivity contribution in [3.63, 3.8) is 0 Å². The normalized spacial score (nSPS) is 17.4. The summed E-state index contributed by atoms with van der Waals surface area (Å²) in [6, 6.07) is 8.02. The third-order valence-electron chi connectivity index (χ3n) is 4.92. The molecule has 0 radical (unpaired) electrons. The van der Waals surface area contributed by atoms with Crippen LogP contribution in [-0.2, 0) is 16.9 Å². The number of aliphatic hydroxyl groups is 1. The van der Waals surface area contributed by atoms with Crippen LogP contribution < -0.4 is 0 Å². The molecule has 0 saturated carbocycles. The Hall–Kier alpha value is -2.18. The second kappa shape index (κ2) is 7.37. The van der Waals surface area contributed by atoms with Crippen LogP contribution >= 0.6 is 0 Å². The van der Waals surface area contributed by atoms with Gasteiger partial charge in [0.15, 0.2) is 0 Å². The molecule has 1 aromatic heterocycles. The average molecular weight is 343 g/mol. The number of aryl methyl sites for hydroxylation is 1. The summed E-state index contributed by atoms with van der Waals surface area (Å²) in [5.41, 5.74) is 2.62. The molecule has 0 spiro atoms. The Labute approximate surface area is 147 Å². The number of nitrogens with one attached hydrogen (secondary N) is 1. The second-order valence-corrected chi connectivity index (χ2v) is 6.61. The molecule has 0 bridgehead atoms. The molecular formula is C19H25N3O3. The molecule has 2 heterocycles. The maximum absolute atomic E-state index is 11.9. The molecule has 1 aromatic carbocycles. The Morgan fingerprint density at radius 1 is 1.36 bits per heavy atom. The van der Waals surface area contributed by atoms with Crippen molar-refractivity contribution in [2.45, 2.75) is 38.8 Å². The van der Waals surface area contributed by atoms with E-state index in [-0.39, 0.29) is 5.97 Å². The van der Waals surface area contributed by atoms with Gasteiger partial charge >= 0.3 is 5.97 Å². The van der Waals surface area contributed by atoms with E-state index in [0.29, 0.717) is 31.7 Å². The van der Waals surface area contributed by atoms with E-state index < -0.39 is 5.60 Å². The fourth-order valence-electron chi connectivity index (χ4n) is 3.50. The maximum Gasteiger partial charge on any atom is 0.356 e. The lowest BCUT2D eigenvalue weighted by atomic mass is 9.82. The smallest absolute Gasteiger partial charge is 0.356 e. The molecule has 0 aliphatic carbocycles. The van der Waals surface area contributed by atoms with Crippen molar-refractivity contribution < 1.29 is 14.6 Å². The number of ether oxygens (including phenoxy) is 1. The molecule has 6 nitrogen and oxygen atoms in total. The molecular weight excluding hydrogens is 318 g/mol. The molecule has 134 valence electrons. The summed E-state index contributed by atoms with van der Waals surface area (Å²) >= 11 is 0. The number of H-pyrrole nitrogens is 1. The third-order valence-corrected chi connectivity index (χ3v) is 4.92. The summed E-state index contributed by atoms with van der Waals surface area (Å²) < 4.78 is 5.05. The number of likely N-dealkylation sites (tertiary alicyclic amines) is 1. The summed E-state index contributed by atoms with van der Waals surface area (Å²) in [4.78, 5) is 14.2. The van der Waals surface area contributed by atoms with Gasteiger partial charge in [0, 0.05) is 25.2 Å². The first-order chi connectivity index (χ1) is 12.0. The van der Waals surface area contributed by atoms with Crippen molar-refractivity contribution >= 4 is 5.97 Å². The van der Waals surface area contributed by atoms with Gasteiger partial charge in [-0.1, -0.05) is 24.3 Å². The van der Waals surface area contributed by atoms with Gasteiger partial charge in [0.25, 0.3) is 0 Å². The molecule has 1 saturated heterocycles. The number of esters is 1. The minimum absolute atomic E-state index is 0.338. The first kappa shape index (κ1) is 17.6. The number of benzene rings is 1. The maximum atomic E-state index is 11.9. The van der Waals surface area contributed by atoms with Gasteiger partial charge in [-0.25, -0.2) is 4.79 Å². The molecule has 0 amide bonds. The highest BCUT2D eigenvalue weighted by Gasteiger charge is 2.35. The largest absolute Gasteiger partial charge is 0.461 e. The number of hydrogen-bond donors (Lipinski definition) is 2. The monoisotopic (exact) mass is 343 g/mol. The summed E-state index contributed by atoms with van der Waals surface area (Å²) in [5.74, 6) is -0.372. The number of hydrogen-bond acceptors (Lipinski definition) is 5. The van der Waals surface area contributed by atoms with Crippen molar-refractivity contribution in [2.75, 3.05) is 19.7 Å². The van der Waals surface area contributed by atoms with E-state index >= 15 is 0 Å². The summed E-state index contributed by atoms with van der Waals surface area (Å²) in [5, 5.41) is 17.8. The van der Waals surface area contributed by atoms with Crippen molar-refractivity contribution in [1.82, 2.24) is 15.1 Å². The summed E-state index contributed by atoms with van der Waals surface area (Å²) in [6.45, 7) is 6.30. The van der Waals surface area contributed by atoms with E-state index in [4.69, 9.17) is 4.74 Å². The molecule has 2 aromatic rings. The SMILES string of the molecule is CCOC(=O)c1[nH]ncc1CN1CCC(O)(c2ccccc2C)CC1. The predicted octanol–water partition coefficient (Wildman–Crippen LogP) is 2.38. The van der Waals surface area contributed by atoms with Crippen LogP contribution in [0.15, 0.2) is 30.5 Å². The molecule has 1 aliphatic rings. The van der Waals surface area contributed by atoms with Gasteiger partial charge in [0.05, 0.1) is 18.4 Å².